The molecule has 7 aromatic rings. The Balaban J connectivity index is 1.31. The van der Waals surface area contributed by atoms with E-state index in [1.54, 1.807) is 0 Å². The molecule has 9 rings (SSSR count). The van der Waals surface area contributed by atoms with E-state index in [0.717, 1.165) is 28.1 Å². The standard InChI is InChI=1S/C43H35N3/c1-42(2)32-17-8-10-21-38(32)46-39-25-24-30(27-35(39)43(3,4)34-19-12-18-33(42)41(34)46)45(37-22-11-15-28-13-5-7-16-31(28)37)40-26-23-29-14-6-9-20-36(29)44-40/h5-27H,1-4H3. The molecule has 0 spiro atoms. The molecule has 0 atom stereocenters. The molecule has 0 bridgehead atoms. The predicted octanol–water partition coefficient (Wildman–Crippen LogP) is 11.6. The van der Waals surface area contributed by atoms with Crippen LogP contribution in [-0.4, -0.2) is 4.98 Å². The van der Waals surface area contributed by atoms with Crippen LogP contribution in [0.1, 0.15) is 49.9 Å². The van der Waals surface area contributed by atoms with Crippen LogP contribution in [-0.2, 0) is 10.8 Å². The van der Waals surface area contributed by atoms with Gasteiger partial charge in [-0.1, -0.05) is 119 Å². The molecule has 6 aromatic carbocycles. The Morgan fingerprint density at radius 3 is 2.00 bits per heavy atom. The summed E-state index contributed by atoms with van der Waals surface area (Å²) >= 11 is 0. The Bertz CT molecular complexity index is 2340. The highest BCUT2D eigenvalue weighted by atomic mass is 15.2. The lowest BCUT2D eigenvalue weighted by molar-refractivity contribution is 0.597. The van der Waals surface area contributed by atoms with Crippen molar-refractivity contribution in [3.63, 3.8) is 0 Å². The predicted molar refractivity (Wildman–Crippen MR) is 193 cm³/mol. The van der Waals surface area contributed by atoms with Gasteiger partial charge >= 0.3 is 0 Å². The third-order valence-electron chi connectivity index (χ3n) is 10.4. The average Bonchev–Trinajstić information content (AvgIpc) is 3.08. The molecular weight excluding hydrogens is 558 g/mol. The quantitative estimate of drug-likeness (QED) is 0.203. The summed E-state index contributed by atoms with van der Waals surface area (Å²) < 4.78 is 0. The fourth-order valence-corrected chi connectivity index (χ4v) is 7.99. The van der Waals surface area contributed by atoms with Gasteiger partial charge in [0.05, 0.1) is 28.3 Å². The minimum Gasteiger partial charge on any atom is -0.309 e. The molecule has 3 nitrogen and oxygen atoms in total. The number of benzene rings is 6. The van der Waals surface area contributed by atoms with Crippen molar-refractivity contribution in [3.8, 4) is 0 Å². The Morgan fingerprint density at radius 2 is 1.15 bits per heavy atom. The van der Waals surface area contributed by atoms with E-state index in [9.17, 15) is 0 Å². The maximum absolute atomic E-state index is 5.23. The minimum atomic E-state index is -0.225. The first-order chi connectivity index (χ1) is 22.3. The van der Waals surface area contributed by atoms with Crippen molar-refractivity contribution in [1.82, 2.24) is 4.98 Å². The summed E-state index contributed by atoms with van der Waals surface area (Å²) in [6.45, 7) is 9.49. The van der Waals surface area contributed by atoms with Gasteiger partial charge in [-0.3, -0.25) is 4.90 Å². The molecule has 0 radical (unpaired) electrons. The summed E-state index contributed by atoms with van der Waals surface area (Å²) in [5.41, 5.74) is 12.1. The van der Waals surface area contributed by atoms with Crippen LogP contribution in [0.3, 0.4) is 0 Å². The van der Waals surface area contributed by atoms with E-state index in [1.807, 2.05) is 0 Å². The van der Waals surface area contributed by atoms with Gasteiger partial charge < -0.3 is 4.90 Å². The normalized spacial score (nSPS) is 15.3. The number of rotatable bonds is 3. The monoisotopic (exact) mass is 593 g/mol. The molecule has 46 heavy (non-hydrogen) atoms. The van der Waals surface area contributed by atoms with Gasteiger partial charge in [0, 0.05) is 27.3 Å². The van der Waals surface area contributed by atoms with Gasteiger partial charge in [0.2, 0.25) is 0 Å². The van der Waals surface area contributed by atoms with Crippen LogP contribution < -0.4 is 9.80 Å². The Hall–Kier alpha value is -5.41. The molecule has 0 aliphatic carbocycles. The van der Waals surface area contributed by atoms with Crippen molar-refractivity contribution in [2.75, 3.05) is 9.80 Å². The van der Waals surface area contributed by atoms with Gasteiger partial charge in [0.25, 0.3) is 0 Å². The minimum absolute atomic E-state index is 0.0983. The van der Waals surface area contributed by atoms with Crippen molar-refractivity contribution in [2.45, 2.75) is 38.5 Å². The van der Waals surface area contributed by atoms with Crippen molar-refractivity contribution < 1.29 is 0 Å². The first-order valence-corrected chi connectivity index (χ1v) is 16.2. The second-order valence-corrected chi connectivity index (χ2v) is 13.7. The Kier molecular flexibility index (Phi) is 5.59. The molecule has 222 valence electrons. The fraction of sp³-hybridized carbons (Fsp3) is 0.140. The van der Waals surface area contributed by atoms with Gasteiger partial charge in [-0.15, -0.1) is 0 Å². The first-order valence-electron chi connectivity index (χ1n) is 16.2. The topological polar surface area (TPSA) is 19.4 Å². The van der Waals surface area contributed by atoms with Crippen LogP contribution in [0.5, 0.6) is 0 Å². The molecule has 2 aliphatic heterocycles. The molecule has 3 heteroatoms. The number of aromatic nitrogens is 1. The third kappa shape index (κ3) is 3.69. The van der Waals surface area contributed by atoms with Crippen molar-refractivity contribution in [1.29, 1.82) is 0 Å². The highest BCUT2D eigenvalue weighted by Crippen LogP contribution is 2.60. The molecule has 0 saturated heterocycles. The van der Waals surface area contributed by atoms with E-state index in [4.69, 9.17) is 4.98 Å². The zero-order chi connectivity index (χ0) is 31.2. The lowest BCUT2D eigenvalue weighted by atomic mass is 9.66. The molecular formula is C43H35N3. The van der Waals surface area contributed by atoms with Gasteiger partial charge in [-0.05, 0) is 76.2 Å². The zero-order valence-corrected chi connectivity index (χ0v) is 26.6. The SMILES string of the molecule is CC1(C)c2ccccc2N2c3ccc(N(c4ccc5ccccc5n4)c4cccc5ccccc45)cc3C(C)(C)c3cccc1c32. The van der Waals surface area contributed by atoms with Crippen molar-refractivity contribution in [2.24, 2.45) is 0 Å². The highest BCUT2D eigenvalue weighted by Gasteiger charge is 2.45. The molecule has 3 heterocycles. The van der Waals surface area contributed by atoms with Crippen LogP contribution in [0.2, 0.25) is 0 Å². The number of hydrogen-bond donors (Lipinski definition) is 0. The van der Waals surface area contributed by atoms with Crippen molar-refractivity contribution >= 4 is 55.9 Å². The number of hydrogen-bond acceptors (Lipinski definition) is 3. The number of para-hydroxylation sites is 3. The lowest BCUT2D eigenvalue weighted by Gasteiger charge is -2.49. The number of anilines is 6. The van der Waals surface area contributed by atoms with Gasteiger partial charge in [-0.25, -0.2) is 4.98 Å². The van der Waals surface area contributed by atoms with Crippen LogP contribution in [0.4, 0.5) is 34.3 Å². The molecule has 0 N–H and O–H groups in total. The van der Waals surface area contributed by atoms with E-state index >= 15 is 0 Å². The number of fused-ring (bicyclic) bond motifs is 6. The summed E-state index contributed by atoms with van der Waals surface area (Å²) in [5, 5.41) is 3.53. The molecule has 0 unspecified atom stereocenters. The van der Waals surface area contributed by atoms with E-state index < -0.39 is 0 Å². The summed E-state index contributed by atoms with van der Waals surface area (Å²) in [6, 6.07) is 50.7. The second kappa shape index (κ2) is 9.55. The summed E-state index contributed by atoms with van der Waals surface area (Å²) in [4.78, 5) is 10.1. The van der Waals surface area contributed by atoms with Gasteiger partial charge in [0.15, 0.2) is 0 Å². The number of nitrogens with zero attached hydrogens (tertiary/aromatic N) is 3. The van der Waals surface area contributed by atoms with Crippen LogP contribution in [0.15, 0.2) is 140 Å². The van der Waals surface area contributed by atoms with Crippen molar-refractivity contribution in [3.05, 3.63) is 162 Å². The second-order valence-electron chi connectivity index (χ2n) is 13.7. The largest absolute Gasteiger partial charge is 0.309 e. The maximum atomic E-state index is 5.23. The van der Waals surface area contributed by atoms with E-state index in [1.165, 1.54) is 50.1 Å². The third-order valence-corrected chi connectivity index (χ3v) is 10.4. The highest BCUT2D eigenvalue weighted by molar-refractivity contribution is 6.00. The summed E-state index contributed by atoms with van der Waals surface area (Å²) in [7, 11) is 0. The van der Waals surface area contributed by atoms with E-state index in [0.29, 0.717) is 0 Å². The molecule has 0 fully saturated rings. The molecule has 1 aromatic heterocycles. The van der Waals surface area contributed by atoms with Crippen LogP contribution in [0, 0.1) is 0 Å². The summed E-state index contributed by atoms with van der Waals surface area (Å²) in [6.07, 6.45) is 0. The maximum Gasteiger partial charge on any atom is 0.138 e. The summed E-state index contributed by atoms with van der Waals surface area (Å²) in [5.74, 6) is 0.899. The van der Waals surface area contributed by atoms with E-state index in [2.05, 4.69) is 177 Å². The van der Waals surface area contributed by atoms with Crippen LogP contribution in [0.25, 0.3) is 21.7 Å². The fourth-order valence-electron chi connectivity index (χ4n) is 7.99. The van der Waals surface area contributed by atoms with Crippen LogP contribution >= 0.6 is 0 Å². The lowest BCUT2D eigenvalue weighted by Crippen LogP contribution is -2.38. The van der Waals surface area contributed by atoms with E-state index in [-0.39, 0.29) is 10.8 Å². The number of pyridine rings is 1. The van der Waals surface area contributed by atoms with Gasteiger partial charge in [0.1, 0.15) is 5.82 Å². The average molecular weight is 594 g/mol. The smallest absolute Gasteiger partial charge is 0.138 e. The first kappa shape index (κ1) is 26.9. The zero-order valence-electron chi connectivity index (χ0n) is 26.6. The molecule has 0 saturated carbocycles. The van der Waals surface area contributed by atoms with Gasteiger partial charge in [-0.2, -0.15) is 0 Å². The molecule has 2 aliphatic rings. The molecule has 0 amide bonds. The Morgan fingerprint density at radius 1 is 0.522 bits per heavy atom. The Labute approximate surface area is 270 Å².